The van der Waals surface area contributed by atoms with Gasteiger partial charge in [-0.2, -0.15) is 8.78 Å². The first-order valence-electron chi connectivity index (χ1n) is 3.94. The average molecular weight is 216 g/mol. The van der Waals surface area contributed by atoms with E-state index in [9.17, 15) is 8.78 Å². The zero-order valence-corrected chi connectivity index (χ0v) is 8.15. The Morgan fingerprint density at radius 2 is 2.21 bits per heavy atom. The molecule has 0 bridgehead atoms. The van der Waals surface area contributed by atoms with Crippen LogP contribution in [0.4, 0.5) is 8.78 Å². The third kappa shape index (κ3) is 3.74. The summed E-state index contributed by atoms with van der Waals surface area (Å²) in [6.45, 7) is 0. The van der Waals surface area contributed by atoms with E-state index < -0.39 is 5.76 Å². The van der Waals surface area contributed by atoms with Gasteiger partial charge in [-0.15, -0.1) is 0 Å². The van der Waals surface area contributed by atoms with Gasteiger partial charge in [0.1, 0.15) is 0 Å². The molecule has 0 aliphatic rings. The van der Waals surface area contributed by atoms with Crippen molar-refractivity contribution in [3.05, 3.63) is 29.8 Å². The Bertz CT molecular complexity index is 328. The molecule has 0 aliphatic heterocycles. The van der Waals surface area contributed by atoms with E-state index in [4.69, 9.17) is 11.1 Å². The number of nitrogens with two attached hydrogens (primary N) is 1. The Kier molecular flexibility index (Phi) is 3.88. The monoisotopic (exact) mass is 216 g/mol. The van der Waals surface area contributed by atoms with Gasteiger partial charge in [0.2, 0.25) is 0 Å². The largest absolute Gasteiger partial charge is 0.387 e. The molecule has 0 unspecified atom stereocenters. The lowest BCUT2D eigenvalue weighted by Gasteiger charge is -2.03. The van der Waals surface area contributed by atoms with Gasteiger partial charge < -0.3 is 5.73 Å². The van der Waals surface area contributed by atoms with Gasteiger partial charge >= 0.3 is 0 Å². The maximum absolute atomic E-state index is 12.0. The molecule has 0 heterocycles. The van der Waals surface area contributed by atoms with Gasteiger partial charge in [0.25, 0.3) is 5.76 Å². The third-order valence-electron chi connectivity index (χ3n) is 1.52. The number of hydrogen-bond acceptors (Lipinski definition) is 2. The van der Waals surface area contributed by atoms with Gasteiger partial charge in [0.05, 0.1) is 5.84 Å². The van der Waals surface area contributed by atoms with Gasteiger partial charge in [-0.25, -0.2) is 0 Å². The Morgan fingerprint density at radius 1 is 1.50 bits per heavy atom. The molecule has 0 saturated carbocycles. The van der Waals surface area contributed by atoms with E-state index in [1.165, 1.54) is 0 Å². The van der Waals surface area contributed by atoms with Crippen molar-refractivity contribution < 1.29 is 8.78 Å². The van der Waals surface area contributed by atoms with Crippen LogP contribution in [0.1, 0.15) is 5.56 Å². The molecular weight excluding hydrogens is 206 g/mol. The molecule has 1 rings (SSSR count). The first-order valence-corrected chi connectivity index (χ1v) is 4.82. The lowest BCUT2D eigenvalue weighted by molar-refractivity contribution is 0.252. The SMILES string of the molecule is N=C(N)Cc1cccc(SC(F)F)c1. The van der Waals surface area contributed by atoms with Crippen LogP contribution in [-0.2, 0) is 6.42 Å². The Hall–Kier alpha value is -1.10. The minimum Gasteiger partial charge on any atom is -0.387 e. The van der Waals surface area contributed by atoms with Crippen LogP contribution in [0.5, 0.6) is 0 Å². The van der Waals surface area contributed by atoms with Gasteiger partial charge in [-0.3, -0.25) is 5.41 Å². The van der Waals surface area contributed by atoms with Crippen molar-refractivity contribution in [3.8, 4) is 0 Å². The third-order valence-corrected chi connectivity index (χ3v) is 2.22. The summed E-state index contributed by atoms with van der Waals surface area (Å²) in [6.07, 6.45) is 0.303. The molecule has 5 heteroatoms. The Labute approximate surface area is 85.0 Å². The number of thioether (sulfide) groups is 1. The fraction of sp³-hybridized carbons (Fsp3) is 0.222. The molecule has 1 aromatic carbocycles. The fourth-order valence-electron chi connectivity index (χ4n) is 1.05. The Balaban J connectivity index is 2.73. The summed E-state index contributed by atoms with van der Waals surface area (Å²) in [7, 11) is 0. The number of hydrogen-bond donors (Lipinski definition) is 2. The predicted octanol–water partition coefficient (Wildman–Crippen LogP) is 2.48. The molecule has 0 aliphatic carbocycles. The van der Waals surface area contributed by atoms with Gasteiger partial charge in [0.15, 0.2) is 0 Å². The summed E-state index contributed by atoms with van der Waals surface area (Å²) >= 11 is 0.495. The number of nitrogens with one attached hydrogen (secondary N) is 1. The molecule has 0 radical (unpaired) electrons. The molecule has 76 valence electrons. The van der Waals surface area contributed by atoms with Crippen molar-refractivity contribution in [2.75, 3.05) is 0 Å². The summed E-state index contributed by atoms with van der Waals surface area (Å²) in [5.41, 5.74) is 5.98. The zero-order chi connectivity index (χ0) is 10.6. The highest BCUT2D eigenvalue weighted by atomic mass is 32.2. The molecule has 0 aromatic heterocycles. The van der Waals surface area contributed by atoms with E-state index in [0.29, 0.717) is 23.1 Å². The number of halogens is 2. The fourth-order valence-corrected chi connectivity index (χ4v) is 1.63. The van der Waals surface area contributed by atoms with E-state index >= 15 is 0 Å². The number of rotatable bonds is 4. The molecule has 14 heavy (non-hydrogen) atoms. The quantitative estimate of drug-likeness (QED) is 0.461. The van der Waals surface area contributed by atoms with Crippen LogP contribution in [0, 0.1) is 5.41 Å². The summed E-state index contributed by atoms with van der Waals surface area (Å²) < 4.78 is 24.0. The van der Waals surface area contributed by atoms with Crippen LogP contribution in [-0.4, -0.2) is 11.6 Å². The summed E-state index contributed by atoms with van der Waals surface area (Å²) in [4.78, 5) is 0.499. The smallest absolute Gasteiger partial charge is 0.288 e. The molecule has 3 N–H and O–H groups in total. The predicted molar refractivity (Wildman–Crippen MR) is 53.9 cm³/mol. The van der Waals surface area contributed by atoms with Crippen molar-refractivity contribution in [2.24, 2.45) is 5.73 Å². The van der Waals surface area contributed by atoms with Gasteiger partial charge in [-0.1, -0.05) is 23.9 Å². The summed E-state index contributed by atoms with van der Waals surface area (Å²) in [5.74, 6) is -2.38. The zero-order valence-electron chi connectivity index (χ0n) is 7.34. The highest BCUT2D eigenvalue weighted by Crippen LogP contribution is 2.25. The lowest BCUT2D eigenvalue weighted by Crippen LogP contribution is -2.12. The van der Waals surface area contributed by atoms with Gasteiger partial charge in [0, 0.05) is 11.3 Å². The number of amidine groups is 1. The number of alkyl halides is 2. The highest BCUT2D eigenvalue weighted by molar-refractivity contribution is 7.99. The van der Waals surface area contributed by atoms with Crippen LogP contribution in [0.15, 0.2) is 29.2 Å². The minimum absolute atomic E-state index is 0.0317. The second-order valence-electron chi connectivity index (χ2n) is 2.73. The van der Waals surface area contributed by atoms with E-state index in [-0.39, 0.29) is 5.84 Å². The second-order valence-corrected chi connectivity index (χ2v) is 3.79. The molecule has 1 aromatic rings. The van der Waals surface area contributed by atoms with Crippen molar-refractivity contribution in [3.63, 3.8) is 0 Å². The van der Waals surface area contributed by atoms with E-state index in [1.54, 1.807) is 24.3 Å². The maximum Gasteiger partial charge on any atom is 0.288 e. The minimum atomic E-state index is -2.41. The van der Waals surface area contributed by atoms with Crippen LogP contribution in [0.3, 0.4) is 0 Å². The van der Waals surface area contributed by atoms with Crippen molar-refractivity contribution in [1.29, 1.82) is 5.41 Å². The number of benzene rings is 1. The highest BCUT2D eigenvalue weighted by Gasteiger charge is 2.05. The van der Waals surface area contributed by atoms with Crippen molar-refractivity contribution >= 4 is 17.6 Å². The Morgan fingerprint density at radius 3 is 2.79 bits per heavy atom. The molecule has 0 fully saturated rings. The van der Waals surface area contributed by atoms with Gasteiger partial charge in [-0.05, 0) is 17.7 Å². The lowest BCUT2D eigenvalue weighted by atomic mass is 10.1. The van der Waals surface area contributed by atoms with Crippen LogP contribution in [0.2, 0.25) is 0 Å². The molecular formula is C9H10F2N2S. The molecule has 0 spiro atoms. The first-order chi connectivity index (χ1) is 6.58. The van der Waals surface area contributed by atoms with Crippen LogP contribution in [0.25, 0.3) is 0 Å². The summed E-state index contributed by atoms with van der Waals surface area (Å²) in [5, 5.41) is 7.07. The topological polar surface area (TPSA) is 49.9 Å². The van der Waals surface area contributed by atoms with Crippen LogP contribution >= 0.6 is 11.8 Å². The van der Waals surface area contributed by atoms with Crippen molar-refractivity contribution in [2.45, 2.75) is 17.1 Å². The standard InChI is InChI=1S/C9H10F2N2S/c10-9(11)14-7-3-1-2-6(4-7)5-8(12)13/h1-4,9H,5H2,(H3,12,13). The van der Waals surface area contributed by atoms with E-state index in [2.05, 4.69) is 0 Å². The summed E-state index contributed by atoms with van der Waals surface area (Å²) in [6, 6.07) is 6.68. The van der Waals surface area contributed by atoms with Crippen LogP contribution < -0.4 is 5.73 Å². The molecule has 2 nitrogen and oxygen atoms in total. The van der Waals surface area contributed by atoms with Crippen molar-refractivity contribution in [1.82, 2.24) is 0 Å². The van der Waals surface area contributed by atoms with E-state index in [1.807, 2.05) is 0 Å². The maximum atomic E-state index is 12.0. The average Bonchev–Trinajstić information content (AvgIpc) is 2.01. The second kappa shape index (κ2) is 4.95. The normalized spacial score (nSPS) is 10.5. The molecule has 0 saturated heterocycles. The first kappa shape index (κ1) is 11.0. The van der Waals surface area contributed by atoms with E-state index in [0.717, 1.165) is 5.56 Å². The molecule has 0 atom stereocenters. The molecule has 0 amide bonds.